The van der Waals surface area contributed by atoms with Gasteiger partial charge in [0.1, 0.15) is 11.9 Å². The zero-order valence-corrected chi connectivity index (χ0v) is 18.8. The minimum Gasteiger partial charge on any atom is -0.611 e. The molecule has 2 aromatic rings. The summed E-state index contributed by atoms with van der Waals surface area (Å²) in [4.78, 5) is 27.1. The lowest BCUT2D eigenvalue weighted by atomic mass is 10.1. The smallest absolute Gasteiger partial charge is 0.223 e. The van der Waals surface area contributed by atoms with Gasteiger partial charge in [0.05, 0.1) is 6.04 Å². The van der Waals surface area contributed by atoms with Crippen molar-refractivity contribution in [2.24, 2.45) is 0 Å². The highest BCUT2D eigenvalue weighted by Crippen LogP contribution is 2.24. The lowest BCUT2D eigenvalue weighted by molar-refractivity contribution is -0.135. The molecule has 1 fully saturated rings. The minimum atomic E-state index is -1.33. The molecule has 3 rings (SSSR count). The Bertz CT molecular complexity index is 866. The Labute approximate surface area is 190 Å². The number of nitrogens with zero attached hydrogens (tertiary/aromatic N) is 1. The average molecular weight is 463 g/mol. The van der Waals surface area contributed by atoms with Crippen molar-refractivity contribution >= 4 is 34.6 Å². The number of amides is 2. The molecule has 2 N–H and O–H groups in total. The van der Waals surface area contributed by atoms with Crippen LogP contribution in [0.5, 0.6) is 0 Å². The van der Waals surface area contributed by atoms with E-state index < -0.39 is 17.3 Å². The van der Waals surface area contributed by atoms with Gasteiger partial charge in [-0.2, -0.15) is 0 Å². The highest BCUT2D eigenvalue weighted by Gasteiger charge is 2.36. The number of carbonyl (C=O) groups is 2. The fraction of sp³-hybridized carbons (Fsp3) is 0.391. The van der Waals surface area contributed by atoms with Crippen LogP contribution in [0.2, 0.25) is 5.02 Å². The molecule has 0 saturated carbocycles. The number of rotatable bonds is 9. The van der Waals surface area contributed by atoms with E-state index in [1.807, 2.05) is 30.3 Å². The van der Waals surface area contributed by atoms with Crippen LogP contribution in [0.3, 0.4) is 0 Å². The first-order valence-corrected chi connectivity index (χ1v) is 12.1. The fourth-order valence-electron chi connectivity index (χ4n) is 3.69. The van der Waals surface area contributed by atoms with E-state index in [1.165, 1.54) is 0 Å². The van der Waals surface area contributed by atoms with Gasteiger partial charge in [-0.25, -0.2) is 0 Å². The predicted octanol–water partition coefficient (Wildman–Crippen LogP) is 2.90. The van der Waals surface area contributed by atoms with E-state index in [2.05, 4.69) is 5.32 Å². The lowest BCUT2D eigenvalue weighted by Gasteiger charge is -2.29. The Morgan fingerprint density at radius 1 is 1.16 bits per heavy atom. The van der Waals surface area contributed by atoms with Crippen molar-refractivity contribution in [3.8, 4) is 0 Å². The van der Waals surface area contributed by atoms with Crippen LogP contribution >= 0.6 is 11.6 Å². The quantitative estimate of drug-likeness (QED) is 0.560. The maximum absolute atomic E-state index is 12.7. The summed E-state index contributed by atoms with van der Waals surface area (Å²) in [6, 6.07) is 15.8. The summed E-state index contributed by atoms with van der Waals surface area (Å²) in [7, 11) is 0. The van der Waals surface area contributed by atoms with Crippen molar-refractivity contribution in [3.05, 3.63) is 65.2 Å². The normalized spacial score (nSPS) is 17.9. The molecule has 0 spiro atoms. The Morgan fingerprint density at radius 2 is 1.87 bits per heavy atom. The van der Waals surface area contributed by atoms with Crippen LogP contribution in [0, 0.1) is 0 Å². The fourth-order valence-corrected chi connectivity index (χ4v) is 5.00. The SMILES string of the molecule is O=C(CCC(=O)N1CCC[C@H]1C(O)C[S+]([O-])c1ccccc1)NCc1ccc(Cl)cc1. The number of carbonyl (C=O) groups excluding carboxylic acids is 2. The summed E-state index contributed by atoms with van der Waals surface area (Å²) < 4.78 is 12.5. The molecular weight excluding hydrogens is 436 g/mol. The molecule has 2 amide bonds. The predicted molar refractivity (Wildman–Crippen MR) is 121 cm³/mol. The number of benzene rings is 2. The molecule has 1 aliphatic heterocycles. The number of hydrogen-bond donors (Lipinski definition) is 2. The monoisotopic (exact) mass is 462 g/mol. The van der Waals surface area contributed by atoms with Crippen LogP contribution in [-0.4, -0.2) is 50.8 Å². The van der Waals surface area contributed by atoms with Crippen LogP contribution in [0.25, 0.3) is 0 Å². The molecule has 1 saturated heterocycles. The number of hydrogen-bond acceptors (Lipinski definition) is 4. The Hall–Kier alpha value is -2.06. The lowest BCUT2D eigenvalue weighted by Crippen LogP contribution is -2.45. The summed E-state index contributed by atoms with van der Waals surface area (Å²) in [5, 5.41) is 14.1. The maximum atomic E-state index is 12.7. The third kappa shape index (κ3) is 6.97. The van der Waals surface area contributed by atoms with E-state index in [-0.39, 0.29) is 36.5 Å². The van der Waals surface area contributed by atoms with E-state index in [4.69, 9.17) is 11.6 Å². The number of aliphatic hydroxyl groups is 1. The van der Waals surface area contributed by atoms with Crippen molar-refractivity contribution in [2.45, 2.75) is 49.3 Å². The number of likely N-dealkylation sites (tertiary alicyclic amines) is 1. The molecule has 2 aromatic carbocycles. The van der Waals surface area contributed by atoms with Gasteiger partial charge in [-0.3, -0.25) is 9.59 Å². The van der Waals surface area contributed by atoms with Gasteiger partial charge in [0.15, 0.2) is 4.90 Å². The third-order valence-electron chi connectivity index (χ3n) is 5.36. The molecular formula is C23H27ClN2O4S. The van der Waals surface area contributed by atoms with Crippen molar-refractivity contribution < 1.29 is 19.2 Å². The van der Waals surface area contributed by atoms with Gasteiger partial charge in [0, 0.05) is 31.0 Å². The highest BCUT2D eigenvalue weighted by atomic mass is 35.5. The van der Waals surface area contributed by atoms with Gasteiger partial charge in [0.2, 0.25) is 11.8 Å². The molecule has 8 heteroatoms. The molecule has 1 heterocycles. The van der Waals surface area contributed by atoms with Gasteiger partial charge >= 0.3 is 0 Å². The molecule has 0 radical (unpaired) electrons. The summed E-state index contributed by atoms with van der Waals surface area (Å²) in [6.07, 6.45) is 0.751. The molecule has 3 atom stereocenters. The third-order valence-corrected chi connectivity index (χ3v) is 7.06. The number of nitrogens with one attached hydrogen (secondary N) is 1. The standard InChI is InChI=1S/C23H27ClN2O4S/c24-18-10-8-17(9-11-18)15-25-22(28)12-13-23(29)26-14-4-7-20(26)21(27)16-31(30)19-5-2-1-3-6-19/h1-3,5-6,8-11,20-21,27H,4,7,12-16H2,(H,25,28)/t20-,21?,31?/m0/s1. The van der Waals surface area contributed by atoms with Gasteiger partial charge in [-0.15, -0.1) is 0 Å². The Kier molecular flexibility index (Phi) is 8.78. The summed E-state index contributed by atoms with van der Waals surface area (Å²) in [5.74, 6) is -0.279. The molecule has 166 valence electrons. The second kappa shape index (κ2) is 11.5. The summed E-state index contributed by atoms with van der Waals surface area (Å²) in [6.45, 7) is 0.922. The number of halogens is 1. The van der Waals surface area contributed by atoms with Gasteiger partial charge in [0.25, 0.3) is 0 Å². The van der Waals surface area contributed by atoms with Crippen molar-refractivity contribution in [2.75, 3.05) is 12.3 Å². The van der Waals surface area contributed by atoms with Crippen molar-refractivity contribution in [1.82, 2.24) is 10.2 Å². The van der Waals surface area contributed by atoms with Crippen LogP contribution in [-0.2, 0) is 27.3 Å². The first kappa shape index (κ1) is 23.6. The topological polar surface area (TPSA) is 92.7 Å². The van der Waals surface area contributed by atoms with Gasteiger partial charge < -0.3 is 19.9 Å². The van der Waals surface area contributed by atoms with Crippen LogP contribution < -0.4 is 5.32 Å². The zero-order valence-electron chi connectivity index (χ0n) is 17.2. The molecule has 0 bridgehead atoms. The Balaban J connectivity index is 1.45. The first-order valence-electron chi connectivity index (χ1n) is 10.4. The number of aliphatic hydroxyl groups excluding tert-OH is 1. The van der Waals surface area contributed by atoms with Crippen LogP contribution in [0.4, 0.5) is 0 Å². The largest absolute Gasteiger partial charge is 0.611 e. The molecule has 1 aliphatic rings. The zero-order chi connectivity index (χ0) is 22.2. The van der Waals surface area contributed by atoms with Crippen molar-refractivity contribution in [3.63, 3.8) is 0 Å². The molecule has 6 nitrogen and oxygen atoms in total. The van der Waals surface area contributed by atoms with Gasteiger partial charge in [-0.1, -0.05) is 41.9 Å². The van der Waals surface area contributed by atoms with E-state index >= 15 is 0 Å². The van der Waals surface area contributed by atoms with Crippen molar-refractivity contribution in [1.29, 1.82) is 0 Å². The van der Waals surface area contributed by atoms with Crippen LogP contribution in [0.1, 0.15) is 31.2 Å². The first-order chi connectivity index (χ1) is 14.9. The molecule has 31 heavy (non-hydrogen) atoms. The van der Waals surface area contributed by atoms with E-state index in [9.17, 15) is 19.2 Å². The second-order valence-electron chi connectivity index (χ2n) is 7.59. The molecule has 0 aromatic heterocycles. The van der Waals surface area contributed by atoms with E-state index in [0.717, 1.165) is 12.0 Å². The summed E-state index contributed by atoms with van der Waals surface area (Å²) in [5.41, 5.74) is 0.929. The van der Waals surface area contributed by atoms with E-state index in [0.29, 0.717) is 29.4 Å². The van der Waals surface area contributed by atoms with Crippen LogP contribution in [0.15, 0.2) is 59.5 Å². The average Bonchev–Trinajstić information content (AvgIpc) is 3.28. The Morgan fingerprint density at radius 3 is 2.58 bits per heavy atom. The summed E-state index contributed by atoms with van der Waals surface area (Å²) >= 11 is 4.52. The van der Waals surface area contributed by atoms with E-state index in [1.54, 1.807) is 29.2 Å². The van der Waals surface area contributed by atoms with Gasteiger partial charge in [-0.05, 0) is 53.8 Å². The minimum absolute atomic E-state index is 0.0808. The second-order valence-corrected chi connectivity index (χ2v) is 9.52. The molecule has 2 unspecified atom stereocenters. The molecule has 0 aliphatic carbocycles. The highest BCUT2D eigenvalue weighted by molar-refractivity contribution is 7.91. The maximum Gasteiger partial charge on any atom is 0.223 e.